The molecule has 2 rings (SSSR count). The lowest BCUT2D eigenvalue weighted by molar-refractivity contribution is -0.384. The third-order valence-electron chi connectivity index (χ3n) is 2.66. The standard InChI is InChI=1S/C12H16N2O5/c1-3-17-6-8(2)13-9-4-11-12(19-7-18-11)5-10(9)14(15)16/h4-5,8,13H,3,6-7H2,1-2H3. The van der Waals surface area contributed by atoms with Crippen LogP contribution in [0, 0.1) is 10.1 Å². The van der Waals surface area contributed by atoms with E-state index in [0.717, 1.165) is 0 Å². The number of nitrogens with one attached hydrogen (secondary N) is 1. The van der Waals surface area contributed by atoms with Gasteiger partial charge in [-0.25, -0.2) is 0 Å². The molecular weight excluding hydrogens is 252 g/mol. The summed E-state index contributed by atoms with van der Waals surface area (Å²) in [5.41, 5.74) is 0.369. The molecule has 1 unspecified atom stereocenters. The van der Waals surface area contributed by atoms with E-state index in [1.165, 1.54) is 6.07 Å². The second-order valence-corrected chi connectivity index (χ2v) is 4.18. The molecule has 0 fully saturated rings. The quantitative estimate of drug-likeness (QED) is 0.628. The number of ether oxygens (including phenoxy) is 3. The van der Waals surface area contributed by atoms with Crippen molar-refractivity contribution in [1.82, 2.24) is 0 Å². The Balaban J connectivity index is 2.20. The molecule has 0 aromatic heterocycles. The van der Waals surface area contributed by atoms with Crippen molar-refractivity contribution in [3.8, 4) is 11.5 Å². The third kappa shape index (κ3) is 3.05. The first kappa shape index (κ1) is 13.4. The van der Waals surface area contributed by atoms with Crippen LogP contribution >= 0.6 is 0 Å². The molecule has 0 saturated carbocycles. The summed E-state index contributed by atoms with van der Waals surface area (Å²) in [7, 11) is 0. The van der Waals surface area contributed by atoms with E-state index >= 15 is 0 Å². The first-order valence-corrected chi connectivity index (χ1v) is 6.04. The Morgan fingerprint density at radius 1 is 1.47 bits per heavy atom. The number of hydrogen-bond donors (Lipinski definition) is 1. The highest BCUT2D eigenvalue weighted by Gasteiger charge is 2.24. The van der Waals surface area contributed by atoms with E-state index in [9.17, 15) is 10.1 Å². The van der Waals surface area contributed by atoms with Crippen LogP contribution in [0.3, 0.4) is 0 Å². The fourth-order valence-electron chi connectivity index (χ4n) is 1.80. The van der Waals surface area contributed by atoms with Gasteiger partial charge in [0.2, 0.25) is 6.79 Å². The Kier molecular flexibility index (Phi) is 4.06. The molecule has 0 aliphatic carbocycles. The summed E-state index contributed by atoms with van der Waals surface area (Å²) in [6.45, 7) is 4.96. The maximum atomic E-state index is 11.1. The van der Waals surface area contributed by atoms with E-state index < -0.39 is 4.92 Å². The lowest BCUT2D eigenvalue weighted by Crippen LogP contribution is -2.22. The van der Waals surface area contributed by atoms with Crippen molar-refractivity contribution in [2.75, 3.05) is 25.3 Å². The smallest absolute Gasteiger partial charge is 0.296 e. The second-order valence-electron chi connectivity index (χ2n) is 4.18. The van der Waals surface area contributed by atoms with Crippen LogP contribution in [0.4, 0.5) is 11.4 Å². The van der Waals surface area contributed by atoms with E-state index in [1.54, 1.807) is 6.07 Å². The average Bonchev–Trinajstić information content (AvgIpc) is 2.82. The molecule has 104 valence electrons. The largest absolute Gasteiger partial charge is 0.454 e. The zero-order chi connectivity index (χ0) is 13.8. The molecule has 19 heavy (non-hydrogen) atoms. The summed E-state index contributed by atoms with van der Waals surface area (Å²) in [4.78, 5) is 10.6. The van der Waals surface area contributed by atoms with Gasteiger partial charge in [0.25, 0.3) is 5.69 Å². The Morgan fingerprint density at radius 3 is 2.79 bits per heavy atom. The number of nitrogens with zero attached hydrogens (tertiary/aromatic N) is 1. The van der Waals surface area contributed by atoms with Gasteiger partial charge in [0, 0.05) is 18.7 Å². The van der Waals surface area contributed by atoms with Gasteiger partial charge in [-0.15, -0.1) is 0 Å². The van der Waals surface area contributed by atoms with Crippen LogP contribution in [0.5, 0.6) is 11.5 Å². The van der Waals surface area contributed by atoms with Crippen LogP contribution < -0.4 is 14.8 Å². The number of fused-ring (bicyclic) bond motifs is 1. The van der Waals surface area contributed by atoms with Crippen LogP contribution in [0.15, 0.2) is 12.1 Å². The van der Waals surface area contributed by atoms with Gasteiger partial charge in [-0.3, -0.25) is 10.1 Å². The molecule has 1 aromatic rings. The van der Waals surface area contributed by atoms with Gasteiger partial charge in [0.05, 0.1) is 17.6 Å². The van der Waals surface area contributed by atoms with E-state index in [-0.39, 0.29) is 18.5 Å². The third-order valence-corrected chi connectivity index (χ3v) is 2.66. The van der Waals surface area contributed by atoms with Crippen LogP contribution in [0.25, 0.3) is 0 Å². The van der Waals surface area contributed by atoms with E-state index in [2.05, 4.69) is 5.32 Å². The molecule has 0 spiro atoms. The van der Waals surface area contributed by atoms with Crippen LogP contribution in [0.1, 0.15) is 13.8 Å². The van der Waals surface area contributed by atoms with Gasteiger partial charge < -0.3 is 19.5 Å². The lowest BCUT2D eigenvalue weighted by atomic mass is 10.2. The Hall–Kier alpha value is -2.02. The molecule has 0 amide bonds. The number of nitro benzene ring substituents is 1. The van der Waals surface area contributed by atoms with E-state index in [4.69, 9.17) is 14.2 Å². The van der Waals surface area contributed by atoms with Crippen molar-refractivity contribution in [2.45, 2.75) is 19.9 Å². The van der Waals surface area contributed by atoms with Crippen LogP contribution in [0.2, 0.25) is 0 Å². The Labute approximate surface area is 110 Å². The second kappa shape index (κ2) is 5.75. The summed E-state index contributed by atoms with van der Waals surface area (Å²) in [6.07, 6.45) is 0. The van der Waals surface area contributed by atoms with Crippen molar-refractivity contribution in [2.24, 2.45) is 0 Å². The monoisotopic (exact) mass is 268 g/mol. The zero-order valence-corrected chi connectivity index (χ0v) is 10.8. The van der Waals surface area contributed by atoms with Crippen molar-refractivity contribution in [3.05, 3.63) is 22.2 Å². The fraction of sp³-hybridized carbons (Fsp3) is 0.500. The molecule has 0 radical (unpaired) electrons. The number of hydrogen-bond acceptors (Lipinski definition) is 6. The molecule has 1 aliphatic rings. The molecule has 1 N–H and O–H groups in total. The summed E-state index contributed by atoms with van der Waals surface area (Å²) < 4.78 is 15.6. The highest BCUT2D eigenvalue weighted by molar-refractivity contribution is 5.69. The molecule has 0 bridgehead atoms. The van der Waals surface area contributed by atoms with Crippen molar-refractivity contribution >= 4 is 11.4 Å². The summed E-state index contributed by atoms with van der Waals surface area (Å²) in [6, 6.07) is 2.92. The molecule has 1 atom stereocenters. The highest BCUT2D eigenvalue weighted by Crippen LogP contribution is 2.40. The van der Waals surface area contributed by atoms with Gasteiger partial charge in [-0.1, -0.05) is 0 Å². The maximum Gasteiger partial charge on any atom is 0.296 e. The van der Waals surface area contributed by atoms with Gasteiger partial charge in [-0.2, -0.15) is 0 Å². The van der Waals surface area contributed by atoms with E-state index in [1.807, 2.05) is 13.8 Å². The normalized spacial score (nSPS) is 14.2. The molecule has 1 heterocycles. The average molecular weight is 268 g/mol. The molecule has 7 heteroatoms. The molecule has 0 saturated heterocycles. The number of rotatable bonds is 6. The van der Waals surface area contributed by atoms with Crippen molar-refractivity contribution in [3.63, 3.8) is 0 Å². The Bertz CT molecular complexity index is 477. The van der Waals surface area contributed by atoms with Crippen molar-refractivity contribution in [1.29, 1.82) is 0 Å². The summed E-state index contributed by atoms with van der Waals surface area (Å²) in [5.74, 6) is 0.909. The minimum Gasteiger partial charge on any atom is -0.454 e. The van der Waals surface area contributed by atoms with Gasteiger partial charge in [-0.05, 0) is 13.8 Å². The SMILES string of the molecule is CCOCC(C)Nc1cc2c(cc1[N+](=O)[O-])OCO2. The van der Waals surface area contributed by atoms with Gasteiger partial charge >= 0.3 is 0 Å². The molecule has 7 nitrogen and oxygen atoms in total. The Morgan fingerprint density at radius 2 is 2.16 bits per heavy atom. The highest BCUT2D eigenvalue weighted by atomic mass is 16.7. The van der Waals surface area contributed by atoms with Gasteiger partial charge in [0.1, 0.15) is 5.69 Å². The fourth-order valence-corrected chi connectivity index (χ4v) is 1.80. The predicted octanol–water partition coefficient (Wildman–Crippen LogP) is 2.16. The molecular formula is C12H16N2O5. The summed E-state index contributed by atoms with van der Waals surface area (Å²) >= 11 is 0. The molecule has 1 aliphatic heterocycles. The topological polar surface area (TPSA) is 82.9 Å². The summed E-state index contributed by atoms with van der Waals surface area (Å²) in [5, 5.41) is 14.1. The van der Waals surface area contributed by atoms with Gasteiger partial charge in [0.15, 0.2) is 11.5 Å². The first-order chi connectivity index (χ1) is 9.11. The van der Waals surface area contributed by atoms with Crippen LogP contribution in [-0.4, -0.2) is 31.0 Å². The molecule has 1 aromatic carbocycles. The predicted molar refractivity (Wildman–Crippen MR) is 68.8 cm³/mol. The number of nitro groups is 1. The van der Waals surface area contributed by atoms with E-state index in [0.29, 0.717) is 30.4 Å². The minimum absolute atomic E-state index is 0.0346. The number of anilines is 1. The number of benzene rings is 1. The zero-order valence-electron chi connectivity index (χ0n) is 10.8. The maximum absolute atomic E-state index is 11.1. The van der Waals surface area contributed by atoms with Crippen molar-refractivity contribution < 1.29 is 19.1 Å². The minimum atomic E-state index is -0.447. The first-order valence-electron chi connectivity index (χ1n) is 6.04. The van der Waals surface area contributed by atoms with Crippen LogP contribution in [-0.2, 0) is 4.74 Å². The lowest BCUT2D eigenvalue weighted by Gasteiger charge is -2.15.